The number of nitrogens with zero attached hydrogens (tertiary/aromatic N) is 2. The number of fused-ring (bicyclic) bond motifs is 1. The Balaban J connectivity index is 1.59. The number of para-hydroxylation sites is 1. The summed E-state index contributed by atoms with van der Waals surface area (Å²) in [7, 11) is 0. The molecule has 6 heteroatoms. The van der Waals surface area contributed by atoms with Crippen LogP contribution in [0.5, 0.6) is 0 Å². The summed E-state index contributed by atoms with van der Waals surface area (Å²) >= 11 is 0. The van der Waals surface area contributed by atoms with Crippen LogP contribution in [0.15, 0.2) is 41.5 Å². The molecule has 0 aromatic heterocycles. The third-order valence-electron chi connectivity index (χ3n) is 4.65. The number of nitrogens with one attached hydrogen (secondary N) is 1. The van der Waals surface area contributed by atoms with Crippen molar-refractivity contribution >= 4 is 17.8 Å². The van der Waals surface area contributed by atoms with Gasteiger partial charge >= 0.3 is 0 Å². The van der Waals surface area contributed by atoms with Crippen molar-refractivity contribution in [3.8, 4) is 0 Å². The number of hydrazone groups is 1. The van der Waals surface area contributed by atoms with Gasteiger partial charge in [0.15, 0.2) is 0 Å². The van der Waals surface area contributed by atoms with Gasteiger partial charge in [0.25, 0.3) is 5.69 Å². The van der Waals surface area contributed by atoms with Crippen LogP contribution in [0.4, 0.5) is 5.69 Å². The van der Waals surface area contributed by atoms with Gasteiger partial charge in [0.2, 0.25) is 5.91 Å². The van der Waals surface area contributed by atoms with E-state index in [2.05, 4.69) is 22.7 Å². The normalized spacial score (nSPS) is 27.6. The maximum Gasteiger partial charge on any atom is 0.278 e. The second kappa shape index (κ2) is 6.73. The van der Waals surface area contributed by atoms with Crippen molar-refractivity contribution in [2.45, 2.75) is 25.7 Å². The zero-order valence-electron chi connectivity index (χ0n) is 12.7. The van der Waals surface area contributed by atoms with Gasteiger partial charge in [-0.3, -0.25) is 14.9 Å². The van der Waals surface area contributed by atoms with Gasteiger partial charge in [0.05, 0.1) is 16.7 Å². The van der Waals surface area contributed by atoms with Crippen LogP contribution in [0.2, 0.25) is 0 Å². The summed E-state index contributed by atoms with van der Waals surface area (Å²) in [5.74, 6) is 0.886. The first-order chi connectivity index (χ1) is 11.2. The number of carbonyl (C=O) groups excluding carboxylic acids is 1. The van der Waals surface area contributed by atoms with E-state index in [1.54, 1.807) is 18.2 Å². The molecule has 0 saturated heterocycles. The van der Waals surface area contributed by atoms with E-state index >= 15 is 0 Å². The first kappa shape index (κ1) is 15.4. The van der Waals surface area contributed by atoms with E-state index in [0.717, 1.165) is 25.7 Å². The van der Waals surface area contributed by atoms with Crippen LogP contribution in [0.1, 0.15) is 31.2 Å². The highest BCUT2D eigenvalue weighted by Gasteiger charge is 2.53. The third kappa shape index (κ3) is 3.47. The van der Waals surface area contributed by atoms with Crippen molar-refractivity contribution < 1.29 is 9.72 Å². The summed E-state index contributed by atoms with van der Waals surface area (Å²) in [5, 5.41) is 14.8. The Morgan fingerprint density at radius 1 is 1.22 bits per heavy atom. The maximum atomic E-state index is 12.2. The molecule has 2 aliphatic carbocycles. The van der Waals surface area contributed by atoms with E-state index in [1.165, 1.54) is 12.3 Å². The van der Waals surface area contributed by atoms with Crippen molar-refractivity contribution in [3.05, 3.63) is 52.1 Å². The number of allylic oxidation sites excluding steroid dienone is 2. The Morgan fingerprint density at radius 2 is 1.87 bits per heavy atom. The molecular formula is C17H19N3O3. The molecule has 0 aliphatic heterocycles. The number of carbonyl (C=O) groups is 1. The Morgan fingerprint density at radius 3 is 2.52 bits per heavy atom. The molecule has 0 heterocycles. The molecular weight excluding hydrogens is 294 g/mol. The van der Waals surface area contributed by atoms with Gasteiger partial charge in [-0.2, -0.15) is 5.10 Å². The molecule has 1 amide bonds. The van der Waals surface area contributed by atoms with Gasteiger partial charge in [-0.25, -0.2) is 5.43 Å². The minimum atomic E-state index is -0.460. The molecule has 1 aromatic carbocycles. The molecule has 1 unspecified atom stereocenters. The molecule has 1 N–H and O–H groups in total. The van der Waals surface area contributed by atoms with Crippen LogP contribution >= 0.6 is 0 Å². The Labute approximate surface area is 134 Å². The number of hydrogen-bond acceptors (Lipinski definition) is 4. The predicted octanol–water partition coefficient (Wildman–Crippen LogP) is 3.04. The van der Waals surface area contributed by atoms with Gasteiger partial charge in [-0.15, -0.1) is 0 Å². The fraction of sp³-hybridized carbons (Fsp3) is 0.412. The highest BCUT2D eigenvalue weighted by Crippen LogP contribution is 2.52. The molecule has 3 atom stereocenters. The van der Waals surface area contributed by atoms with Crippen LogP contribution < -0.4 is 5.43 Å². The standard InChI is InChI=1S/C17H19N3O3/c21-17(16-13-8-3-1-2-4-9-14(13)16)19-18-11-12-7-5-6-10-15(12)20(22)23/h1-2,5-7,10-11,13-14,16H,3-4,8-9H2,(H,19,21)/b2-1-,18-11-/t13-,14+,16?. The van der Waals surface area contributed by atoms with Gasteiger partial charge in [0, 0.05) is 12.0 Å². The Kier molecular flexibility index (Phi) is 4.50. The van der Waals surface area contributed by atoms with Crippen molar-refractivity contribution in [3.63, 3.8) is 0 Å². The monoisotopic (exact) mass is 313 g/mol. The van der Waals surface area contributed by atoms with E-state index in [9.17, 15) is 14.9 Å². The topological polar surface area (TPSA) is 84.6 Å². The molecule has 23 heavy (non-hydrogen) atoms. The van der Waals surface area contributed by atoms with Crippen LogP contribution in [-0.4, -0.2) is 17.0 Å². The molecule has 120 valence electrons. The van der Waals surface area contributed by atoms with E-state index in [4.69, 9.17) is 0 Å². The average Bonchev–Trinajstić information content (AvgIpc) is 3.18. The van der Waals surface area contributed by atoms with Crippen LogP contribution in [0.3, 0.4) is 0 Å². The second-order valence-corrected chi connectivity index (χ2v) is 6.03. The minimum absolute atomic E-state index is 0.0235. The largest absolute Gasteiger partial charge is 0.278 e. The Hall–Kier alpha value is -2.50. The first-order valence-electron chi connectivity index (χ1n) is 7.90. The number of benzene rings is 1. The lowest BCUT2D eigenvalue weighted by molar-refractivity contribution is -0.385. The summed E-state index contributed by atoms with van der Waals surface area (Å²) in [6, 6.07) is 6.32. The third-order valence-corrected chi connectivity index (χ3v) is 4.65. The molecule has 1 saturated carbocycles. The summed E-state index contributed by atoms with van der Waals surface area (Å²) in [5.41, 5.74) is 2.90. The SMILES string of the molecule is O=C(N/N=C\c1ccccc1[N+](=O)[O-])C1[C@H]2CC/C=C\CC[C@@H]12. The Bertz CT molecular complexity index is 653. The number of rotatable bonds is 4. The lowest BCUT2D eigenvalue weighted by atomic mass is 10.1. The molecule has 0 bridgehead atoms. The van der Waals surface area contributed by atoms with E-state index < -0.39 is 4.92 Å². The van der Waals surface area contributed by atoms with Gasteiger partial charge in [0.1, 0.15) is 0 Å². The molecule has 0 spiro atoms. The van der Waals surface area contributed by atoms with Crippen molar-refractivity contribution in [1.82, 2.24) is 5.43 Å². The van der Waals surface area contributed by atoms with Crippen molar-refractivity contribution in [2.24, 2.45) is 22.9 Å². The fourth-order valence-electron chi connectivity index (χ4n) is 3.44. The highest BCUT2D eigenvalue weighted by atomic mass is 16.6. The molecule has 1 aromatic rings. The van der Waals surface area contributed by atoms with Crippen LogP contribution in [-0.2, 0) is 4.79 Å². The maximum absolute atomic E-state index is 12.2. The fourth-order valence-corrected chi connectivity index (χ4v) is 3.44. The number of nitro groups is 1. The zero-order chi connectivity index (χ0) is 16.2. The molecule has 1 fully saturated rings. The number of amides is 1. The van der Waals surface area contributed by atoms with Gasteiger partial charge in [-0.05, 0) is 43.6 Å². The first-order valence-corrected chi connectivity index (χ1v) is 7.90. The molecule has 3 rings (SSSR count). The van der Waals surface area contributed by atoms with Gasteiger partial charge in [-0.1, -0.05) is 24.3 Å². The van der Waals surface area contributed by atoms with Crippen LogP contribution in [0, 0.1) is 27.9 Å². The molecule has 2 aliphatic rings. The quantitative estimate of drug-likeness (QED) is 0.401. The van der Waals surface area contributed by atoms with Crippen molar-refractivity contribution in [2.75, 3.05) is 0 Å². The smallest absolute Gasteiger partial charge is 0.273 e. The highest BCUT2D eigenvalue weighted by molar-refractivity contribution is 5.87. The number of hydrogen-bond donors (Lipinski definition) is 1. The zero-order valence-corrected chi connectivity index (χ0v) is 12.7. The van der Waals surface area contributed by atoms with E-state index in [1.807, 2.05) is 0 Å². The van der Waals surface area contributed by atoms with E-state index in [0.29, 0.717) is 17.4 Å². The minimum Gasteiger partial charge on any atom is -0.273 e. The summed E-state index contributed by atoms with van der Waals surface area (Å²) in [4.78, 5) is 22.7. The summed E-state index contributed by atoms with van der Waals surface area (Å²) in [6.45, 7) is 0. The van der Waals surface area contributed by atoms with Crippen LogP contribution in [0.25, 0.3) is 0 Å². The van der Waals surface area contributed by atoms with Gasteiger partial charge < -0.3 is 0 Å². The van der Waals surface area contributed by atoms with E-state index in [-0.39, 0.29) is 17.5 Å². The molecule has 0 radical (unpaired) electrons. The summed E-state index contributed by atoms with van der Waals surface area (Å²) < 4.78 is 0. The number of nitro benzene ring substituents is 1. The lowest BCUT2D eigenvalue weighted by Crippen LogP contribution is -2.21. The summed E-state index contributed by atoms with van der Waals surface area (Å²) in [6.07, 6.45) is 9.88. The lowest BCUT2D eigenvalue weighted by Gasteiger charge is -1.99. The average molecular weight is 313 g/mol. The van der Waals surface area contributed by atoms with Crippen molar-refractivity contribution in [1.29, 1.82) is 0 Å². The molecule has 6 nitrogen and oxygen atoms in total. The second-order valence-electron chi connectivity index (χ2n) is 6.03. The predicted molar refractivity (Wildman–Crippen MR) is 86.9 cm³/mol.